The Kier molecular flexibility index (Phi) is 2.88. The third-order valence-corrected chi connectivity index (χ3v) is 2.15. The summed E-state index contributed by atoms with van der Waals surface area (Å²) < 4.78 is 4.92. The van der Waals surface area contributed by atoms with Crippen LogP contribution in [-0.4, -0.2) is 37.1 Å². The fraction of sp³-hybridized carbons (Fsp3) is 0.875. The third kappa shape index (κ3) is 2.50. The maximum absolute atomic E-state index is 10.5. The summed E-state index contributed by atoms with van der Waals surface area (Å²) in [4.78, 5) is 12.7. The fourth-order valence-electron chi connectivity index (χ4n) is 1.40. The maximum atomic E-state index is 10.5. The van der Waals surface area contributed by atoms with E-state index < -0.39 is 0 Å². The van der Waals surface area contributed by atoms with E-state index in [1.165, 1.54) is 13.3 Å². The number of hydrogen-bond acceptors (Lipinski definition) is 3. The Morgan fingerprint density at radius 3 is 2.91 bits per heavy atom. The molecule has 1 heterocycles. The van der Waals surface area contributed by atoms with Crippen molar-refractivity contribution in [3.8, 4) is 0 Å². The van der Waals surface area contributed by atoms with Gasteiger partial charge in [0.15, 0.2) is 0 Å². The summed E-state index contributed by atoms with van der Waals surface area (Å²) in [7, 11) is 2.07. The number of nitrogens with zero attached hydrogens (tertiary/aromatic N) is 1. The minimum absolute atomic E-state index is 0.176. The van der Waals surface area contributed by atoms with E-state index in [1.54, 1.807) is 0 Å². The SMILES string of the molecule is CC(=O)OCC1CCCN1C. The summed E-state index contributed by atoms with van der Waals surface area (Å²) in [6, 6.07) is 0.457. The molecule has 1 saturated heterocycles. The van der Waals surface area contributed by atoms with Crippen LogP contribution in [0.15, 0.2) is 0 Å². The van der Waals surface area contributed by atoms with E-state index in [0.717, 1.165) is 13.0 Å². The molecule has 0 saturated carbocycles. The molecular weight excluding hydrogens is 142 g/mol. The lowest BCUT2D eigenvalue weighted by atomic mass is 10.2. The topological polar surface area (TPSA) is 29.5 Å². The zero-order chi connectivity index (χ0) is 8.27. The van der Waals surface area contributed by atoms with Crippen LogP contribution in [0, 0.1) is 0 Å². The summed E-state index contributed by atoms with van der Waals surface area (Å²) in [5, 5.41) is 0. The van der Waals surface area contributed by atoms with Gasteiger partial charge in [0.25, 0.3) is 0 Å². The molecule has 1 aliphatic heterocycles. The van der Waals surface area contributed by atoms with Crippen molar-refractivity contribution in [1.82, 2.24) is 4.90 Å². The first-order chi connectivity index (χ1) is 5.20. The van der Waals surface area contributed by atoms with Gasteiger partial charge < -0.3 is 9.64 Å². The molecule has 3 nitrogen and oxygen atoms in total. The number of esters is 1. The molecule has 1 unspecified atom stereocenters. The smallest absolute Gasteiger partial charge is 0.302 e. The van der Waals surface area contributed by atoms with Gasteiger partial charge in [0.05, 0.1) is 0 Å². The zero-order valence-electron chi connectivity index (χ0n) is 7.17. The van der Waals surface area contributed by atoms with Crippen LogP contribution >= 0.6 is 0 Å². The fourth-order valence-corrected chi connectivity index (χ4v) is 1.40. The quantitative estimate of drug-likeness (QED) is 0.551. The van der Waals surface area contributed by atoms with Gasteiger partial charge in [-0.05, 0) is 26.4 Å². The molecule has 11 heavy (non-hydrogen) atoms. The molecule has 1 rings (SSSR count). The number of carbonyl (C=O) groups is 1. The molecule has 64 valence electrons. The van der Waals surface area contributed by atoms with E-state index in [0.29, 0.717) is 12.6 Å². The van der Waals surface area contributed by atoms with E-state index in [1.807, 2.05) is 0 Å². The predicted molar refractivity (Wildman–Crippen MR) is 42.3 cm³/mol. The minimum atomic E-state index is -0.176. The molecule has 0 aromatic rings. The summed E-state index contributed by atoms with van der Waals surface area (Å²) in [5.41, 5.74) is 0. The van der Waals surface area contributed by atoms with Crippen LogP contribution in [0.1, 0.15) is 19.8 Å². The van der Waals surface area contributed by atoms with Crippen molar-refractivity contribution in [2.24, 2.45) is 0 Å². The molecule has 1 fully saturated rings. The highest BCUT2D eigenvalue weighted by atomic mass is 16.5. The monoisotopic (exact) mass is 157 g/mol. The summed E-state index contributed by atoms with van der Waals surface area (Å²) >= 11 is 0. The molecule has 0 amide bonds. The first kappa shape index (κ1) is 8.53. The Bertz CT molecular complexity index is 147. The second-order valence-corrected chi connectivity index (χ2v) is 3.08. The van der Waals surface area contributed by atoms with Crippen molar-refractivity contribution in [3.63, 3.8) is 0 Å². The lowest BCUT2D eigenvalue weighted by Crippen LogP contribution is -2.30. The number of hydrogen-bond donors (Lipinski definition) is 0. The van der Waals surface area contributed by atoms with Crippen LogP contribution in [0.2, 0.25) is 0 Å². The standard InChI is InChI=1S/C8H15NO2/c1-7(10)11-6-8-4-3-5-9(8)2/h8H,3-6H2,1-2H3. The van der Waals surface area contributed by atoms with Gasteiger partial charge >= 0.3 is 5.97 Å². The maximum Gasteiger partial charge on any atom is 0.302 e. The molecule has 1 aliphatic rings. The Balaban J connectivity index is 2.20. The van der Waals surface area contributed by atoms with E-state index in [9.17, 15) is 4.79 Å². The second kappa shape index (κ2) is 3.72. The van der Waals surface area contributed by atoms with Gasteiger partial charge in [0, 0.05) is 13.0 Å². The molecule has 0 aliphatic carbocycles. The second-order valence-electron chi connectivity index (χ2n) is 3.08. The predicted octanol–water partition coefficient (Wildman–Crippen LogP) is 0.644. The van der Waals surface area contributed by atoms with Crippen molar-refractivity contribution >= 4 is 5.97 Å². The van der Waals surface area contributed by atoms with Crippen molar-refractivity contribution in [1.29, 1.82) is 0 Å². The number of rotatable bonds is 2. The normalized spacial score (nSPS) is 25.5. The molecule has 0 spiro atoms. The van der Waals surface area contributed by atoms with Gasteiger partial charge in [-0.2, -0.15) is 0 Å². The van der Waals surface area contributed by atoms with Crippen LogP contribution in [0.5, 0.6) is 0 Å². The van der Waals surface area contributed by atoms with Crippen molar-refractivity contribution < 1.29 is 9.53 Å². The van der Waals surface area contributed by atoms with Crippen LogP contribution in [0.3, 0.4) is 0 Å². The van der Waals surface area contributed by atoms with Crippen LogP contribution in [0.25, 0.3) is 0 Å². The lowest BCUT2D eigenvalue weighted by Gasteiger charge is -2.18. The number of ether oxygens (including phenoxy) is 1. The highest BCUT2D eigenvalue weighted by molar-refractivity contribution is 5.65. The van der Waals surface area contributed by atoms with Gasteiger partial charge in [-0.15, -0.1) is 0 Å². The van der Waals surface area contributed by atoms with Crippen LogP contribution in [0.4, 0.5) is 0 Å². The zero-order valence-corrected chi connectivity index (χ0v) is 7.17. The molecule has 3 heteroatoms. The average molecular weight is 157 g/mol. The Hall–Kier alpha value is -0.570. The van der Waals surface area contributed by atoms with Crippen LogP contribution < -0.4 is 0 Å². The minimum Gasteiger partial charge on any atom is -0.464 e. The highest BCUT2D eigenvalue weighted by Crippen LogP contribution is 2.14. The van der Waals surface area contributed by atoms with Gasteiger partial charge in [0.2, 0.25) is 0 Å². The van der Waals surface area contributed by atoms with Gasteiger partial charge in [-0.3, -0.25) is 4.79 Å². The van der Waals surface area contributed by atoms with Gasteiger partial charge in [-0.1, -0.05) is 0 Å². The first-order valence-electron chi connectivity index (χ1n) is 4.04. The number of likely N-dealkylation sites (tertiary alicyclic amines) is 1. The first-order valence-corrected chi connectivity index (χ1v) is 4.04. The van der Waals surface area contributed by atoms with Gasteiger partial charge in [0.1, 0.15) is 6.61 Å². The highest BCUT2D eigenvalue weighted by Gasteiger charge is 2.21. The van der Waals surface area contributed by atoms with Crippen LogP contribution in [-0.2, 0) is 9.53 Å². The van der Waals surface area contributed by atoms with E-state index in [4.69, 9.17) is 4.74 Å². The molecule has 0 aromatic carbocycles. The Labute approximate surface area is 67.3 Å². The summed E-state index contributed by atoms with van der Waals surface area (Å²) in [6.45, 7) is 3.15. The van der Waals surface area contributed by atoms with E-state index in [-0.39, 0.29) is 5.97 Å². The number of likely N-dealkylation sites (N-methyl/N-ethyl adjacent to an activating group) is 1. The summed E-state index contributed by atoms with van der Waals surface area (Å²) in [6.07, 6.45) is 2.38. The van der Waals surface area contributed by atoms with Crippen molar-refractivity contribution in [2.45, 2.75) is 25.8 Å². The third-order valence-electron chi connectivity index (χ3n) is 2.15. The molecule has 0 N–H and O–H groups in total. The molecule has 0 bridgehead atoms. The van der Waals surface area contributed by atoms with Gasteiger partial charge in [-0.25, -0.2) is 0 Å². The largest absolute Gasteiger partial charge is 0.464 e. The Morgan fingerprint density at radius 1 is 1.73 bits per heavy atom. The lowest BCUT2D eigenvalue weighted by molar-refractivity contribution is -0.142. The van der Waals surface area contributed by atoms with E-state index in [2.05, 4.69) is 11.9 Å². The molecule has 0 radical (unpaired) electrons. The Morgan fingerprint density at radius 2 is 2.45 bits per heavy atom. The average Bonchev–Trinajstić information content (AvgIpc) is 2.31. The summed E-state index contributed by atoms with van der Waals surface area (Å²) in [5.74, 6) is -0.176. The molecule has 0 aromatic heterocycles. The number of carbonyl (C=O) groups excluding carboxylic acids is 1. The van der Waals surface area contributed by atoms with E-state index >= 15 is 0 Å². The molecule has 1 atom stereocenters. The molecular formula is C8H15NO2. The van der Waals surface area contributed by atoms with Crippen molar-refractivity contribution in [3.05, 3.63) is 0 Å². The van der Waals surface area contributed by atoms with Crippen molar-refractivity contribution in [2.75, 3.05) is 20.2 Å².